The molecule has 0 aromatic heterocycles. The number of hydrogen-bond donors (Lipinski definition) is 2. The zero-order valence-corrected chi connectivity index (χ0v) is 7.89. The molecule has 3 rings (SSSR count). The van der Waals surface area contributed by atoms with Gasteiger partial charge in [0.15, 0.2) is 0 Å². The van der Waals surface area contributed by atoms with Crippen LogP contribution in [0.4, 0.5) is 0 Å². The molecule has 4 unspecified atom stereocenters. The Morgan fingerprint density at radius 2 is 1.42 bits per heavy atom. The van der Waals surface area contributed by atoms with Crippen molar-refractivity contribution in [3.63, 3.8) is 0 Å². The quantitative estimate of drug-likeness (QED) is 0.587. The summed E-state index contributed by atoms with van der Waals surface area (Å²) < 4.78 is 0. The fourth-order valence-electron chi connectivity index (χ4n) is 3.64. The molecule has 2 bridgehead atoms. The van der Waals surface area contributed by atoms with E-state index in [2.05, 4.69) is 5.32 Å². The van der Waals surface area contributed by atoms with Crippen LogP contribution in [0.3, 0.4) is 0 Å². The molecular formula is C9H16ClNO. The lowest BCUT2D eigenvalue weighted by atomic mass is 9.82. The van der Waals surface area contributed by atoms with E-state index >= 15 is 0 Å². The van der Waals surface area contributed by atoms with Crippen molar-refractivity contribution in [1.82, 2.24) is 5.32 Å². The van der Waals surface area contributed by atoms with Crippen molar-refractivity contribution in [3.8, 4) is 0 Å². The van der Waals surface area contributed by atoms with Crippen LogP contribution in [0.1, 0.15) is 12.8 Å². The van der Waals surface area contributed by atoms with Gasteiger partial charge in [-0.2, -0.15) is 0 Å². The number of aliphatic hydroxyl groups excluding tert-OH is 1. The number of hydrogen-bond acceptors (Lipinski definition) is 2. The van der Waals surface area contributed by atoms with E-state index in [0.29, 0.717) is 11.8 Å². The van der Waals surface area contributed by atoms with Crippen molar-refractivity contribution in [2.75, 3.05) is 13.1 Å². The number of nitrogens with one attached hydrogen (secondary N) is 1. The van der Waals surface area contributed by atoms with E-state index in [-0.39, 0.29) is 18.5 Å². The van der Waals surface area contributed by atoms with Gasteiger partial charge in [0.25, 0.3) is 0 Å². The van der Waals surface area contributed by atoms with Crippen molar-refractivity contribution in [2.45, 2.75) is 18.9 Å². The molecule has 0 aromatic rings. The van der Waals surface area contributed by atoms with Gasteiger partial charge in [-0.25, -0.2) is 0 Å². The maximum absolute atomic E-state index is 9.81. The second-order valence-corrected chi connectivity index (χ2v) is 4.38. The molecule has 1 aliphatic heterocycles. The summed E-state index contributed by atoms with van der Waals surface area (Å²) in [6.45, 7) is 2.34. The molecule has 3 aliphatic rings. The van der Waals surface area contributed by atoms with Gasteiger partial charge in [0.1, 0.15) is 0 Å². The molecule has 2 N–H and O–H groups in total. The normalized spacial score (nSPS) is 55.2. The summed E-state index contributed by atoms with van der Waals surface area (Å²) in [4.78, 5) is 0. The second-order valence-electron chi connectivity index (χ2n) is 4.38. The highest BCUT2D eigenvalue weighted by Crippen LogP contribution is 2.53. The van der Waals surface area contributed by atoms with E-state index in [1.54, 1.807) is 0 Å². The number of aliphatic hydroxyl groups is 1. The average molecular weight is 190 g/mol. The molecule has 12 heavy (non-hydrogen) atoms. The van der Waals surface area contributed by atoms with E-state index in [1.807, 2.05) is 0 Å². The molecule has 1 saturated heterocycles. The zero-order chi connectivity index (χ0) is 7.42. The Labute approximate surface area is 79.1 Å². The molecule has 2 saturated carbocycles. The lowest BCUT2D eigenvalue weighted by Crippen LogP contribution is -2.21. The van der Waals surface area contributed by atoms with Crippen LogP contribution >= 0.6 is 12.4 Å². The number of fused-ring (bicyclic) bond motifs is 5. The van der Waals surface area contributed by atoms with Gasteiger partial charge < -0.3 is 10.4 Å². The fourth-order valence-corrected chi connectivity index (χ4v) is 3.64. The van der Waals surface area contributed by atoms with Gasteiger partial charge in [-0.1, -0.05) is 0 Å². The van der Waals surface area contributed by atoms with E-state index in [0.717, 1.165) is 11.8 Å². The summed E-state index contributed by atoms with van der Waals surface area (Å²) in [6, 6.07) is 0. The monoisotopic (exact) mass is 189 g/mol. The van der Waals surface area contributed by atoms with Gasteiger partial charge in [-0.05, 0) is 49.6 Å². The molecule has 4 atom stereocenters. The summed E-state index contributed by atoms with van der Waals surface area (Å²) in [7, 11) is 0. The Morgan fingerprint density at radius 1 is 0.917 bits per heavy atom. The SMILES string of the molecule is Cl.OC1C2CCC1C1CNCC21. The van der Waals surface area contributed by atoms with E-state index < -0.39 is 0 Å². The first kappa shape index (κ1) is 8.79. The molecule has 1 heterocycles. The van der Waals surface area contributed by atoms with Crippen LogP contribution in [-0.4, -0.2) is 24.3 Å². The predicted octanol–water partition coefficient (Wildman–Crippen LogP) is 0.644. The topological polar surface area (TPSA) is 32.3 Å². The number of rotatable bonds is 0. The first-order valence-electron chi connectivity index (χ1n) is 4.76. The van der Waals surface area contributed by atoms with Gasteiger partial charge in [-0.15, -0.1) is 12.4 Å². The molecule has 0 spiro atoms. The van der Waals surface area contributed by atoms with Crippen LogP contribution in [0.15, 0.2) is 0 Å². The van der Waals surface area contributed by atoms with Crippen molar-refractivity contribution in [3.05, 3.63) is 0 Å². The standard InChI is InChI=1S/C9H15NO.ClH/c11-9-5-1-2-6(9)8-4-10-3-7(5)8;/h5-11H,1-4H2;1H. The van der Waals surface area contributed by atoms with E-state index in [9.17, 15) is 5.11 Å². The van der Waals surface area contributed by atoms with Crippen LogP contribution in [-0.2, 0) is 0 Å². The highest BCUT2D eigenvalue weighted by molar-refractivity contribution is 5.85. The van der Waals surface area contributed by atoms with Crippen LogP contribution in [0.25, 0.3) is 0 Å². The minimum absolute atomic E-state index is 0. The van der Waals surface area contributed by atoms with Gasteiger partial charge in [0.05, 0.1) is 6.10 Å². The molecule has 0 aromatic carbocycles. The lowest BCUT2D eigenvalue weighted by molar-refractivity contribution is 0.115. The summed E-state index contributed by atoms with van der Waals surface area (Å²) in [5.41, 5.74) is 0. The van der Waals surface area contributed by atoms with Gasteiger partial charge in [0.2, 0.25) is 0 Å². The van der Waals surface area contributed by atoms with Crippen LogP contribution in [0.5, 0.6) is 0 Å². The van der Waals surface area contributed by atoms with Crippen LogP contribution in [0.2, 0.25) is 0 Å². The molecular weight excluding hydrogens is 174 g/mol. The largest absolute Gasteiger partial charge is 0.393 e. The highest BCUT2D eigenvalue weighted by Gasteiger charge is 2.55. The summed E-state index contributed by atoms with van der Waals surface area (Å²) in [5, 5.41) is 13.2. The van der Waals surface area contributed by atoms with Crippen molar-refractivity contribution in [2.24, 2.45) is 23.7 Å². The molecule has 2 nitrogen and oxygen atoms in total. The third kappa shape index (κ3) is 0.889. The maximum atomic E-state index is 9.81. The summed E-state index contributed by atoms with van der Waals surface area (Å²) >= 11 is 0. The molecule has 0 amide bonds. The second kappa shape index (κ2) is 2.86. The smallest absolute Gasteiger partial charge is 0.0603 e. The Balaban J connectivity index is 0.000000563. The fraction of sp³-hybridized carbons (Fsp3) is 1.00. The average Bonchev–Trinajstić information content (AvgIpc) is 2.61. The minimum atomic E-state index is 0. The molecule has 3 fully saturated rings. The molecule has 70 valence electrons. The van der Waals surface area contributed by atoms with E-state index in [4.69, 9.17) is 0 Å². The Morgan fingerprint density at radius 3 is 1.92 bits per heavy atom. The van der Waals surface area contributed by atoms with Crippen molar-refractivity contribution >= 4 is 12.4 Å². The third-order valence-corrected chi connectivity index (χ3v) is 4.12. The molecule has 0 radical (unpaired) electrons. The molecule has 2 aliphatic carbocycles. The van der Waals surface area contributed by atoms with E-state index in [1.165, 1.54) is 25.9 Å². The summed E-state index contributed by atoms with van der Waals surface area (Å²) in [5.74, 6) is 2.95. The first-order chi connectivity index (χ1) is 5.38. The maximum Gasteiger partial charge on any atom is 0.0603 e. The van der Waals surface area contributed by atoms with Crippen LogP contribution < -0.4 is 5.32 Å². The Bertz CT molecular complexity index is 160. The first-order valence-corrected chi connectivity index (χ1v) is 4.76. The third-order valence-electron chi connectivity index (χ3n) is 4.12. The van der Waals surface area contributed by atoms with Crippen molar-refractivity contribution in [1.29, 1.82) is 0 Å². The predicted molar refractivity (Wildman–Crippen MR) is 49.3 cm³/mol. The summed E-state index contributed by atoms with van der Waals surface area (Å²) in [6.07, 6.45) is 2.63. The highest BCUT2D eigenvalue weighted by atomic mass is 35.5. The minimum Gasteiger partial charge on any atom is -0.393 e. The van der Waals surface area contributed by atoms with Gasteiger partial charge in [0, 0.05) is 0 Å². The van der Waals surface area contributed by atoms with Gasteiger partial charge >= 0.3 is 0 Å². The lowest BCUT2D eigenvalue weighted by Gasteiger charge is -2.21. The Kier molecular flexibility index (Phi) is 2.10. The van der Waals surface area contributed by atoms with Gasteiger partial charge in [-0.3, -0.25) is 0 Å². The number of halogens is 1. The zero-order valence-electron chi connectivity index (χ0n) is 7.07. The Hall–Kier alpha value is 0.210. The van der Waals surface area contributed by atoms with Crippen LogP contribution in [0, 0.1) is 23.7 Å². The molecule has 3 heteroatoms. The van der Waals surface area contributed by atoms with Crippen molar-refractivity contribution < 1.29 is 5.11 Å².